The molecule has 0 spiro atoms. The Morgan fingerprint density at radius 2 is 1.94 bits per heavy atom. The fourth-order valence-corrected chi connectivity index (χ4v) is 2.27. The molecule has 3 nitrogen and oxygen atoms in total. The van der Waals surface area contributed by atoms with E-state index in [2.05, 4.69) is 9.97 Å². The number of aromatic amines is 1. The summed E-state index contributed by atoms with van der Waals surface area (Å²) in [6, 6.07) is 7.94. The van der Waals surface area contributed by atoms with Gasteiger partial charge in [0.05, 0.1) is 5.69 Å². The van der Waals surface area contributed by atoms with Crippen LogP contribution in [-0.4, -0.2) is 9.97 Å². The lowest BCUT2D eigenvalue weighted by molar-refractivity contribution is 1.03. The summed E-state index contributed by atoms with van der Waals surface area (Å²) in [7, 11) is 0. The van der Waals surface area contributed by atoms with E-state index in [1.54, 1.807) is 11.8 Å². The molecular weight excluding hydrogens is 218 g/mol. The molecule has 0 saturated heterocycles. The molecule has 3 N–H and O–H groups in total. The van der Waals surface area contributed by atoms with Gasteiger partial charge >= 0.3 is 0 Å². The zero-order valence-corrected chi connectivity index (χ0v) is 10.3. The zero-order chi connectivity index (χ0) is 11.5. The van der Waals surface area contributed by atoms with Gasteiger partial charge in [-0.1, -0.05) is 23.9 Å². The smallest absolute Gasteiger partial charge is 0.166 e. The average molecular weight is 233 g/mol. The molecule has 0 saturated carbocycles. The summed E-state index contributed by atoms with van der Waals surface area (Å²) < 4.78 is 0. The first-order valence-electron chi connectivity index (χ1n) is 5.15. The van der Waals surface area contributed by atoms with Gasteiger partial charge in [-0.05, 0) is 31.5 Å². The minimum atomic E-state index is 0.804. The predicted octanol–water partition coefficient (Wildman–Crippen LogP) is 2.90. The number of imidazole rings is 1. The van der Waals surface area contributed by atoms with Crippen molar-refractivity contribution in [2.75, 3.05) is 5.73 Å². The number of anilines is 1. The third-order valence-electron chi connectivity index (χ3n) is 2.46. The number of nitrogens with one attached hydrogen (secondary N) is 1. The molecule has 2 rings (SSSR count). The molecule has 0 aliphatic rings. The number of aryl methyl sites for hydroxylation is 2. The number of aromatic nitrogens is 2. The molecule has 4 heteroatoms. The summed E-state index contributed by atoms with van der Waals surface area (Å²) in [5.41, 5.74) is 9.90. The number of H-pyrrole nitrogens is 1. The zero-order valence-electron chi connectivity index (χ0n) is 9.45. The van der Waals surface area contributed by atoms with Crippen molar-refractivity contribution in [3.05, 3.63) is 41.2 Å². The van der Waals surface area contributed by atoms with E-state index in [0.29, 0.717) is 0 Å². The number of hydrogen-bond acceptors (Lipinski definition) is 3. The Morgan fingerprint density at radius 3 is 2.50 bits per heavy atom. The second-order valence-corrected chi connectivity index (χ2v) is 4.75. The largest absolute Gasteiger partial charge is 0.399 e. The molecule has 16 heavy (non-hydrogen) atoms. The van der Waals surface area contributed by atoms with Crippen LogP contribution in [0, 0.1) is 13.8 Å². The maximum atomic E-state index is 5.63. The molecule has 0 fully saturated rings. The first kappa shape index (κ1) is 11.1. The van der Waals surface area contributed by atoms with Crippen LogP contribution < -0.4 is 5.73 Å². The summed E-state index contributed by atoms with van der Waals surface area (Å²) in [5.74, 6) is 0.909. The fraction of sp³-hybridized carbons (Fsp3) is 0.250. The van der Waals surface area contributed by atoms with Gasteiger partial charge in [0.2, 0.25) is 0 Å². The molecule has 1 aromatic heterocycles. The number of rotatable bonds is 3. The van der Waals surface area contributed by atoms with Crippen LogP contribution in [0.15, 0.2) is 29.4 Å². The van der Waals surface area contributed by atoms with E-state index in [-0.39, 0.29) is 0 Å². The molecule has 0 aliphatic carbocycles. The van der Waals surface area contributed by atoms with Gasteiger partial charge in [0, 0.05) is 17.1 Å². The van der Waals surface area contributed by atoms with Crippen molar-refractivity contribution in [3.8, 4) is 0 Å². The van der Waals surface area contributed by atoms with Gasteiger partial charge in [0.1, 0.15) is 0 Å². The minimum Gasteiger partial charge on any atom is -0.399 e. The summed E-state index contributed by atoms with van der Waals surface area (Å²) in [4.78, 5) is 7.68. The topological polar surface area (TPSA) is 54.7 Å². The van der Waals surface area contributed by atoms with E-state index in [1.807, 2.05) is 38.1 Å². The Hall–Kier alpha value is -1.42. The highest BCUT2D eigenvalue weighted by molar-refractivity contribution is 7.98. The molecule has 0 radical (unpaired) electrons. The molecule has 0 bridgehead atoms. The number of benzene rings is 1. The van der Waals surface area contributed by atoms with Gasteiger partial charge in [-0.2, -0.15) is 0 Å². The van der Waals surface area contributed by atoms with E-state index >= 15 is 0 Å². The van der Waals surface area contributed by atoms with Crippen LogP contribution in [-0.2, 0) is 5.75 Å². The lowest BCUT2D eigenvalue weighted by atomic mass is 10.2. The Bertz CT molecular complexity index is 454. The van der Waals surface area contributed by atoms with Gasteiger partial charge in [-0.3, -0.25) is 0 Å². The lowest BCUT2D eigenvalue weighted by Gasteiger charge is -1.99. The summed E-state index contributed by atoms with van der Waals surface area (Å²) in [6.07, 6.45) is 0. The third-order valence-corrected chi connectivity index (χ3v) is 3.41. The Balaban J connectivity index is 1.99. The van der Waals surface area contributed by atoms with Crippen LogP contribution in [0.25, 0.3) is 0 Å². The van der Waals surface area contributed by atoms with Crippen LogP contribution in [0.5, 0.6) is 0 Å². The third kappa shape index (κ3) is 2.58. The highest BCUT2D eigenvalue weighted by atomic mass is 32.2. The first-order chi connectivity index (χ1) is 7.65. The quantitative estimate of drug-likeness (QED) is 0.633. The molecule has 1 aromatic carbocycles. The van der Waals surface area contributed by atoms with E-state index in [9.17, 15) is 0 Å². The molecule has 1 heterocycles. The van der Waals surface area contributed by atoms with Crippen molar-refractivity contribution in [3.63, 3.8) is 0 Å². The van der Waals surface area contributed by atoms with Crippen molar-refractivity contribution >= 4 is 17.4 Å². The van der Waals surface area contributed by atoms with E-state index < -0.39 is 0 Å². The number of nitrogens with two attached hydrogens (primary N) is 1. The number of nitrogens with zero attached hydrogens (tertiary/aromatic N) is 1. The number of hydrogen-bond donors (Lipinski definition) is 2. The lowest BCUT2D eigenvalue weighted by Crippen LogP contribution is -1.86. The molecule has 0 aliphatic heterocycles. The number of nitrogen functional groups attached to an aromatic ring is 1. The SMILES string of the molecule is Cc1nc(SCc2ccc(N)cc2)[nH]c1C. The molecule has 0 amide bonds. The van der Waals surface area contributed by atoms with Crippen LogP contribution in [0.1, 0.15) is 17.0 Å². The van der Waals surface area contributed by atoms with Crippen LogP contribution in [0.3, 0.4) is 0 Å². The molecule has 84 valence electrons. The Labute approximate surface area is 99.5 Å². The monoisotopic (exact) mass is 233 g/mol. The first-order valence-corrected chi connectivity index (χ1v) is 6.14. The Kier molecular flexibility index (Phi) is 3.19. The van der Waals surface area contributed by atoms with E-state index in [1.165, 1.54) is 5.56 Å². The molecular formula is C12H15N3S. The van der Waals surface area contributed by atoms with Crippen LogP contribution >= 0.6 is 11.8 Å². The van der Waals surface area contributed by atoms with Gasteiger partial charge in [-0.25, -0.2) is 4.98 Å². The summed E-state index contributed by atoms with van der Waals surface area (Å²) in [5, 5.41) is 0.979. The van der Waals surface area contributed by atoms with Gasteiger partial charge in [0.25, 0.3) is 0 Å². The highest BCUT2D eigenvalue weighted by Crippen LogP contribution is 2.21. The second kappa shape index (κ2) is 4.61. The minimum absolute atomic E-state index is 0.804. The van der Waals surface area contributed by atoms with Gasteiger partial charge in [0.15, 0.2) is 5.16 Å². The standard InChI is InChI=1S/C12H15N3S/c1-8-9(2)15-12(14-8)16-7-10-3-5-11(13)6-4-10/h3-6H,7,13H2,1-2H3,(H,14,15). The van der Waals surface area contributed by atoms with Crippen molar-refractivity contribution in [2.45, 2.75) is 24.8 Å². The molecule has 0 unspecified atom stereocenters. The highest BCUT2D eigenvalue weighted by Gasteiger charge is 2.03. The van der Waals surface area contributed by atoms with Crippen molar-refractivity contribution in [2.24, 2.45) is 0 Å². The van der Waals surface area contributed by atoms with E-state index in [0.717, 1.165) is 28.0 Å². The maximum absolute atomic E-state index is 5.63. The molecule has 2 aromatic rings. The fourth-order valence-electron chi connectivity index (χ4n) is 1.35. The predicted molar refractivity (Wildman–Crippen MR) is 68.5 cm³/mol. The van der Waals surface area contributed by atoms with Crippen molar-refractivity contribution < 1.29 is 0 Å². The number of thioether (sulfide) groups is 1. The van der Waals surface area contributed by atoms with Crippen molar-refractivity contribution in [1.29, 1.82) is 0 Å². The van der Waals surface area contributed by atoms with Gasteiger partial charge < -0.3 is 10.7 Å². The van der Waals surface area contributed by atoms with Crippen LogP contribution in [0.2, 0.25) is 0 Å². The Morgan fingerprint density at radius 1 is 1.25 bits per heavy atom. The summed E-state index contributed by atoms with van der Waals surface area (Å²) >= 11 is 1.71. The average Bonchev–Trinajstić information content (AvgIpc) is 2.58. The summed E-state index contributed by atoms with van der Waals surface area (Å²) in [6.45, 7) is 4.05. The maximum Gasteiger partial charge on any atom is 0.166 e. The van der Waals surface area contributed by atoms with E-state index in [4.69, 9.17) is 5.73 Å². The molecule has 0 atom stereocenters. The normalized spacial score (nSPS) is 10.6. The van der Waals surface area contributed by atoms with Crippen molar-refractivity contribution in [1.82, 2.24) is 9.97 Å². The second-order valence-electron chi connectivity index (χ2n) is 3.78. The van der Waals surface area contributed by atoms with Crippen LogP contribution in [0.4, 0.5) is 5.69 Å². The van der Waals surface area contributed by atoms with Gasteiger partial charge in [-0.15, -0.1) is 0 Å².